The summed E-state index contributed by atoms with van der Waals surface area (Å²) in [6.45, 7) is 12.1. The summed E-state index contributed by atoms with van der Waals surface area (Å²) >= 11 is 0. The fourth-order valence-electron chi connectivity index (χ4n) is 10.7. The summed E-state index contributed by atoms with van der Waals surface area (Å²) in [5.41, 5.74) is 6.08. The maximum Gasteiger partial charge on any atom is 0.203 e. The number of aromatic nitrogens is 2. The molecule has 308 valence electrons. The molecule has 8 nitrogen and oxygen atoms in total. The Balaban J connectivity index is 0.789. The van der Waals surface area contributed by atoms with Gasteiger partial charge >= 0.3 is 0 Å². The molecule has 0 amide bonds. The Kier molecular flexibility index (Phi) is 8.91. The highest BCUT2D eigenvalue weighted by Gasteiger charge is 2.52. The molecule has 4 atom stereocenters. The molecule has 6 aromatic rings. The second-order valence-corrected chi connectivity index (χ2v) is 17.7. The van der Waals surface area contributed by atoms with Crippen LogP contribution in [-0.2, 0) is 16.2 Å². The molecule has 61 heavy (non-hydrogen) atoms. The molecule has 4 unspecified atom stereocenters. The Morgan fingerprint density at radius 1 is 0.557 bits per heavy atom. The van der Waals surface area contributed by atoms with Gasteiger partial charge in [-0.3, -0.25) is 9.13 Å². The lowest BCUT2D eigenvalue weighted by molar-refractivity contribution is 0.382. The van der Waals surface area contributed by atoms with E-state index in [9.17, 15) is 20.4 Å². The molecule has 0 spiro atoms. The van der Waals surface area contributed by atoms with E-state index in [-0.39, 0.29) is 51.6 Å². The van der Waals surface area contributed by atoms with Gasteiger partial charge in [0.05, 0.1) is 11.4 Å². The van der Waals surface area contributed by atoms with Crippen molar-refractivity contribution < 1.29 is 29.9 Å². The predicted molar refractivity (Wildman–Crippen MR) is 239 cm³/mol. The van der Waals surface area contributed by atoms with Gasteiger partial charge in [-0.2, -0.15) is 0 Å². The summed E-state index contributed by atoms with van der Waals surface area (Å²) in [4.78, 5) is 0. The maximum absolute atomic E-state index is 11.4. The summed E-state index contributed by atoms with van der Waals surface area (Å²) in [6, 6.07) is 31.0. The van der Waals surface area contributed by atoms with Gasteiger partial charge in [-0.15, -0.1) is 13.2 Å². The van der Waals surface area contributed by atoms with Gasteiger partial charge in [0.1, 0.15) is 23.0 Å². The van der Waals surface area contributed by atoms with Crippen molar-refractivity contribution in [2.75, 3.05) is 0 Å². The van der Waals surface area contributed by atoms with Gasteiger partial charge in [0.15, 0.2) is 0 Å². The van der Waals surface area contributed by atoms with Gasteiger partial charge in [0.2, 0.25) is 23.5 Å². The third kappa shape index (κ3) is 5.94. The number of benzene rings is 4. The van der Waals surface area contributed by atoms with Crippen LogP contribution in [-0.4, -0.2) is 29.6 Å². The van der Waals surface area contributed by atoms with Crippen LogP contribution < -0.4 is 9.47 Å². The third-order valence-corrected chi connectivity index (χ3v) is 13.9. The molecule has 0 aliphatic heterocycles. The van der Waals surface area contributed by atoms with E-state index in [1.165, 1.54) is 0 Å². The normalized spacial score (nSPS) is 21.5. The van der Waals surface area contributed by atoms with Crippen LogP contribution in [0.25, 0.3) is 11.4 Å². The zero-order valence-corrected chi connectivity index (χ0v) is 34.5. The van der Waals surface area contributed by atoms with E-state index < -0.39 is 0 Å². The topological polar surface area (TPSA) is 109 Å². The Morgan fingerprint density at radius 2 is 0.902 bits per heavy atom. The van der Waals surface area contributed by atoms with Crippen molar-refractivity contribution in [3.05, 3.63) is 180 Å². The lowest BCUT2D eigenvalue weighted by Crippen LogP contribution is -2.18. The van der Waals surface area contributed by atoms with E-state index in [0.29, 0.717) is 34.4 Å². The first kappa shape index (κ1) is 38.4. The lowest BCUT2D eigenvalue weighted by atomic mass is 9.78. The van der Waals surface area contributed by atoms with Crippen molar-refractivity contribution >= 4 is 0 Å². The minimum absolute atomic E-state index is 0.0974. The van der Waals surface area contributed by atoms with Crippen molar-refractivity contribution in [2.24, 2.45) is 0 Å². The molecule has 4 aliphatic carbocycles. The van der Waals surface area contributed by atoms with E-state index in [1.807, 2.05) is 84.9 Å². The fourth-order valence-corrected chi connectivity index (χ4v) is 10.7. The predicted octanol–water partition coefficient (Wildman–Crippen LogP) is 12.5. The molecule has 10 rings (SSSR count). The van der Waals surface area contributed by atoms with E-state index in [1.54, 1.807) is 9.13 Å². The first-order chi connectivity index (χ1) is 29.5. The highest BCUT2D eigenvalue weighted by molar-refractivity contribution is 5.66. The van der Waals surface area contributed by atoms with Crippen LogP contribution in [0.4, 0.5) is 0 Å². The van der Waals surface area contributed by atoms with Gasteiger partial charge < -0.3 is 29.9 Å². The largest absolute Gasteiger partial charge is 0.494 e. The standard InChI is InChI=1S/C53H50N2O6/c1-5-7-27-52-29-25-33(31-52)43-45(52)49(58)54(47(43)56)37-13-21-41(22-14-37)60-39-17-9-35(10-18-39)51(3,4)36-11-19-40(20-12-36)61-42-23-15-38(16-24-42)55-48(57)44-34-26-30-53(32-34,28-8-6-2)46(44)50(55)59/h5-6,9-26,29-30,33-34,56-59H,1-2,7-8,27-28,31-32H2,3-4H3. The van der Waals surface area contributed by atoms with E-state index in [2.05, 4.69) is 75.6 Å². The summed E-state index contributed by atoms with van der Waals surface area (Å²) < 4.78 is 15.5. The number of hydrogen-bond donors (Lipinski definition) is 4. The van der Waals surface area contributed by atoms with Crippen molar-refractivity contribution in [1.29, 1.82) is 0 Å². The average molecular weight is 811 g/mol. The van der Waals surface area contributed by atoms with Crippen LogP contribution in [0.5, 0.6) is 46.5 Å². The quantitative estimate of drug-likeness (QED) is 0.0816. The Bertz CT molecular complexity index is 2560. The summed E-state index contributed by atoms with van der Waals surface area (Å²) in [5, 5.41) is 45.4. The van der Waals surface area contributed by atoms with Crippen LogP contribution in [0.1, 0.15) is 97.6 Å². The molecule has 8 heteroatoms. The molecule has 0 saturated carbocycles. The van der Waals surface area contributed by atoms with E-state index in [4.69, 9.17) is 9.47 Å². The highest BCUT2D eigenvalue weighted by Crippen LogP contribution is 2.63. The van der Waals surface area contributed by atoms with Crippen molar-refractivity contribution in [1.82, 2.24) is 9.13 Å². The molecule has 0 fully saturated rings. The first-order valence-electron chi connectivity index (χ1n) is 21.2. The second kappa shape index (κ2) is 14.2. The SMILES string of the molecule is C=CCCC12C=CC(C1)c1c2c(O)n(-c2ccc(Oc3ccc(C(C)(C)c4ccc(Oc5ccc(-n6c(O)c7c(c6O)C6(CCC=C)C=CC7C6)cc5)cc4)cc3)cc2)c1O. The molecule has 0 saturated heterocycles. The van der Waals surface area contributed by atoms with Gasteiger partial charge in [-0.1, -0.05) is 74.6 Å². The minimum atomic E-state index is -0.305. The summed E-state index contributed by atoms with van der Waals surface area (Å²) in [5.74, 6) is 3.28. The zero-order valence-electron chi connectivity index (χ0n) is 34.5. The van der Waals surface area contributed by atoms with Crippen LogP contribution >= 0.6 is 0 Å². The van der Waals surface area contributed by atoms with Gasteiger partial charge in [0.25, 0.3) is 0 Å². The molecule has 2 aromatic heterocycles. The monoisotopic (exact) mass is 810 g/mol. The minimum Gasteiger partial charge on any atom is -0.494 e. The molecular weight excluding hydrogens is 761 g/mol. The summed E-state index contributed by atoms with van der Waals surface area (Å²) in [6.07, 6.45) is 17.7. The van der Waals surface area contributed by atoms with E-state index in [0.717, 1.165) is 71.9 Å². The molecule has 0 radical (unpaired) electrons. The second-order valence-electron chi connectivity index (χ2n) is 17.7. The van der Waals surface area contributed by atoms with Crippen LogP contribution in [0.15, 0.2) is 147 Å². The molecular formula is C53H50N2O6. The van der Waals surface area contributed by atoms with Crippen molar-refractivity contribution in [2.45, 2.75) is 80.5 Å². The van der Waals surface area contributed by atoms with Crippen molar-refractivity contribution in [3.63, 3.8) is 0 Å². The van der Waals surface area contributed by atoms with E-state index >= 15 is 0 Å². The van der Waals surface area contributed by atoms with Gasteiger partial charge in [0, 0.05) is 50.3 Å². The molecule has 4 aliphatic rings. The van der Waals surface area contributed by atoms with Crippen LogP contribution in [0.3, 0.4) is 0 Å². The highest BCUT2D eigenvalue weighted by atomic mass is 16.5. The average Bonchev–Trinajstić information content (AvgIpc) is 4.12. The molecule has 4 bridgehead atoms. The number of rotatable bonds is 14. The van der Waals surface area contributed by atoms with Crippen LogP contribution in [0, 0.1) is 0 Å². The Labute approximate surface area is 356 Å². The maximum atomic E-state index is 11.4. The number of nitrogens with zero attached hydrogens (tertiary/aromatic N) is 2. The van der Waals surface area contributed by atoms with Crippen LogP contribution in [0.2, 0.25) is 0 Å². The van der Waals surface area contributed by atoms with Gasteiger partial charge in [-0.05, 0) is 122 Å². The smallest absolute Gasteiger partial charge is 0.203 e. The number of ether oxygens (including phenoxy) is 2. The first-order valence-corrected chi connectivity index (χ1v) is 21.2. The van der Waals surface area contributed by atoms with Crippen molar-refractivity contribution in [3.8, 4) is 57.9 Å². The number of aromatic hydroxyl groups is 4. The lowest BCUT2D eigenvalue weighted by Gasteiger charge is -2.26. The number of hydrogen-bond acceptors (Lipinski definition) is 6. The zero-order chi connectivity index (χ0) is 42.3. The van der Waals surface area contributed by atoms with Gasteiger partial charge in [-0.25, -0.2) is 0 Å². The third-order valence-electron chi connectivity index (χ3n) is 13.9. The summed E-state index contributed by atoms with van der Waals surface area (Å²) in [7, 11) is 0. The number of allylic oxidation sites excluding steroid dienone is 6. The fraction of sp³-hybridized carbons (Fsp3) is 0.245. The molecule has 4 aromatic carbocycles. The Hall–Kier alpha value is -6.80. The molecule has 2 heterocycles. The Morgan fingerprint density at radius 3 is 1.25 bits per heavy atom. The molecule has 4 N–H and O–H groups in total. The number of fused-ring (bicyclic) bond motifs is 10.